The lowest BCUT2D eigenvalue weighted by molar-refractivity contribution is -0.134. The minimum atomic E-state index is -0.145. The number of carbonyl (C=O) groups is 2. The minimum absolute atomic E-state index is 0.104. The standard InChI is InChI=1S/C20H24N4O3/c25-19(16-12-15(21-22-16)13-5-6-13)23-7-9-24(10-8-23)20(26)18-11-14-3-1-2-4-17(14)27-18/h1-4,11,13,15-16,21-22H,5-10,12H2. The van der Waals surface area contributed by atoms with Gasteiger partial charge in [-0.15, -0.1) is 0 Å². The Kier molecular flexibility index (Phi) is 4.13. The highest BCUT2D eigenvalue weighted by atomic mass is 16.3. The van der Waals surface area contributed by atoms with E-state index in [1.54, 1.807) is 11.0 Å². The first-order valence-electron chi connectivity index (χ1n) is 9.77. The third-order valence-corrected chi connectivity index (χ3v) is 5.94. The molecule has 2 amide bonds. The van der Waals surface area contributed by atoms with Gasteiger partial charge in [-0.1, -0.05) is 18.2 Å². The van der Waals surface area contributed by atoms with Crippen molar-refractivity contribution in [1.29, 1.82) is 0 Å². The minimum Gasteiger partial charge on any atom is -0.451 e. The molecule has 2 N–H and O–H groups in total. The Morgan fingerprint density at radius 1 is 1.00 bits per heavy atom. The molecule has 2 unspecified atom stereocenters. The lowest BCUT2D eigenvalue weighted by atomic mass is 10.1. The normalized spacial score (nSPS) is 25.9. The van der Waals surface area contributed by atoms with Crippen molar-refractivity contribution in [2.75, 3.05) is 26.2 Å². The summed E-state index contributed by atoms with van der Waals surface area (Å²) in [6.07, 6.45) is 3.40. The van der Waals surface area contributed by atoms with Crippen LogP contribution in [0.25, 0.3) is 11.0 Å². The molecule has 0 radical (unpaired) electrons. The van der Waals surface area contributed by atoms with Crippen molar-refractivity contribution < 1.29 is 14.0 Å². The highest BCUT2D eigenvalue weighted by molar-refractivity contribution is 5.96. The second-order valence-corrected chi connectivity index (χ2v) is 7.79. The van der Waals surface area contributed by atoms with Crippen molar-refractivity contribution >= 4 is 22.8 Å². The van der Waals surface area contributed by atoms with Gasteiger partial charge in [0.2, 0.25) is 5.91 Å². The van der Waals surface area contributed by atoms with Gasteiger partial charge in [-0.3, -0.25) is 15.0 Å². The molecule has 3 heterocycles. The Morgan fingerprint density at radius 2 is 1.74 bits per heavy atom. The van der Waals surface area contributed by atoms with Crippen LogP contribution in [0.2, 0.25) is 0 Å². The van der Waals surface area contributed by atoms with Crippen LogP contribution in [-0.2, 0) is 4.79 Å². The van der Waals surface area contributed by atoms with Crippen LogP contribution in [0.15, 0.2) is 34.7 Å². The third-order valence-electron chi connectivity index (χ3n) is 5.94. The monoisotopic (exact) mass is 368 g/mol. The zero-order valence-corrected chi connectivity index (χ0v) is 15.2. The molecule has 142 valence electrons. The van der Waals surface area contributed by atoms with Crippen LogP contribution in [0.4, 0.5) is 0 Å². The van der Waals surface area contributed by atoms with E-state index in [2.05, 4.69) is 10.9 Å². The topological polar surface area (TPSA) is 77.8 Å². The third kappa shape index (κ3) is 3.21. The number of rotatable bonds is 3. The summed E-state index contributed by atoms with van der Waals surface area (Å²) in [4.78, 5) is 29.1. The van der Waals surface area contributed by atoms with Crippen LogP contribution in [0, 0.1) is 5.92 Å². The Balaban J connectivity index is 1.18. The number of nitrogens with zero attached hydrogens (tertiary/aromatic N) is 2. The molecule has 1 saturated carbocycles. The number of hydrogen-bond donors (Lipinski definition) is 2. The fraction of sp³-hybridized carbons (Fsp3) is 0.500. The Labute approximate surface area is 157 Å². The summed E-state index contributed by atoms with van der Waals surface area (Å²) >= 11 is 0. The lowest BCUT2D eigenvalue weighted by Gasteiger charge is -2.35. The zero-order valence-electron chi connectivity index (χ0n) is 15.2. The van der Waals surface area contributed by atoms with Crippen LogP contribution in [-0.4, -0.2) is 59.9 Å². The first-order chi connectivity index (χ1) is 13.2. The number of piperazine rings is 1. The van der Waals surface area contributed by atoms with Crippen molar-refractivity contribution in [2.24, 2.45) is 5.92 Å². The van der Waals surface area contributed by atoms with E-state index >= 15 is 0 Å². The maximum Gasteiger partial charge on any atom is 0.289 e. The second-order valence-electron chi connectivity index (χ2n) is 7.79. The number of carbonyl (C=O) groups excluding carboxylic acids is 2. The largest absolute Gasteiger partial charge is 0.451 e. The second kappa shape index (κ2) is 6.65. The van der Waals surface area contributed by atoms with Gasteiger partial charge in [0.25, 0.3) is 5.91 Å². The zero-order chi connectivity index (χ0) is 18.4. The number of nitrogens with one attached hydrogen (secondary N) is 2. The first-order valence-corrected chi connectivity index (χ1v) is 9.77. The average Bonchev–Trinajstić information content (AvgIpc) is 3.28. The predicted octanol–water partition coefficient (Wildman–Crippen LogP) is 1.36. The van der Waals surface area contributed by atoms with Gasteiger partial charge in [0, 0.05) is 37.6 Å². The van der Waals surface area contributed by atoms with Crippen LogP contribution < -0.4 is 10.9 Å². The summed E-state index contributed by atoms with van der Waals surface area (Å²) < 4.78 is 5.69. The molecule has 0 spiro atoms. The molecular weight excluding hydrogens is 344 g/mol. The number of furan rings is 1. The quantitative estimate of drug-likeness (QED) is 0.855. The van der Waals surface area contributed by atoms with Gasteiger partial charge in [-0.05, 0) is 37.3 Å². The van der Waals surface area contributed by atoms with E-state index in [0.29, 0.717) is 38.0 Å². The molecule has 3 fully saturated rings. The molecule has 2 atom stereocenters. The molecule has 0 bridgehead atoms. The van der Waals surface area contributed by atoms with Crippen LogP contribution >= 0.6 is 0 Å². The maximum absolute atomic E-state index is 12.8. The van der Waals surface area contributed by atoms with Gasteiger partial charge in [0.15, 0.2) is 5.76 Å². The number of amides is 2. The average molecular weight is 368 g/mol. The molecule has 27 heavy (non-hydrogen) atoms. The van der Waals surface area contributed by atoms with Crippen molar-refractivity contribution in [3.8, 4) is 0 Å². The van der Waals surface area contributed by atoms with Crippen molar-refractivity contribution in [2.45, 2.75) is 31.3 Å². The smallest absolute Gasteiger partial charge is 0.289 e. The Bertz CT molecular complexity index is 834. The van der Waals surface area contributed by atoms with E-state index in [0.717, 1.165) is 23.3 Å². The summed E-state index contributed by atoms with van der Waals surface area (Å²) in [6, 6.07) is 9.69. The molecule has 1 aromatic heterocycles. The molecule has 7 heteroatoms. The van der Waals surface area contributed by atoms with E-state index in [9.17, 15) is 9.59 Å². The summed E-state index contributed by atoms with van der Waals surface area (Å²) in [5.74, 6) is 1.13. The number of hydrazine groups is 1. The molecule has 7 nitrogen and oxygen atoms in total. The Hall–Kier alpha value is -2.38. The maximum atomic E-state index is 12.8. The highest BCUT2D eigenvalue weighted by Gasteiger charge is 2.40. The van der Waals surface area contributed by atoms with Crippen molar-refractivity contribution in [3.63, 3.8) is 0 Å². The number of para-hydroxylation sites is 1. The lowest BCUT2D eigenvalue weighted by Crippen LogP contribution is -2.54. The van der Waals surface area contributed by atoms with Crippen LogP contribution in [0.5, 0.6) is 0 Å². The van der Waals surface area contributed by atoms with Gasteiger partial charge in [-0.2, -0.15) is 0 Å². The number of fused-ring (bicyclic) bond motifs is 1. The molecule has 5 rings (SSSR count). The highest BCUT2D eigenvalue weighted by Crippen LogP contribution is 2.35. The Morgan fingerprint density at radius 3 is 2.48 bits per heavy atom. The van der Waals surface area contributed by atoms with Gasteiger partial charge >= 0.3 is 0 Å². The van der Waals surface area contributed by atoms with Gasteiger partial charge in [0.1, 0.15) is 11.6 Å². The molecule has 2 aliphatic heterocycles. The summed E-state index contributed by atoms with van der Waals surface area (Å²) in [6.45, 7) is 2.20. The van der Waals surface area contributed by atoms with Crippen molar-refractivity contribution in [3.05, 3.63) is 36.1 Å². The molecule has 1 aliphatic carbocycles. The molecule has 2 aromatic rings. The fourth-order valence-electron chi connectivity index (χ4n) is 4.14. The van der Waals surface area contributed by atoms with Gasteiger partial charge in [-0.25, -0.2) is 5.43 Å². The SMILES string of the molecule is O=C(c1cc2ccccc2o1)N1CCN(C(=O)C2CC(C3CC3)NN2)CC1. The summed E-state index contributed by atoms with van der Waals surface area (Å²) in [7, 11) is 0. The van der Waals surface area contributed by atoms with E-state index in [1.807, 2.05) is 29.2 Å². The van der Waals surface area contributed by atoms with E-state index in [4.69, 9.17) is 4.42 Å². The van der Waals surface area contributed by atoms with E-state index in [1.165, 1.54) is 12.8 Å². The van der Waals surface area contributed by atoms with Crippen LogP contribution in [0.1, 0.15) is 29.8 Å². The number of hydrogen-bond acceptors (Lipinski definition) is 5. The van der Waals surface area contributed by atoms with E-state index in [-0.39, 0.29) is 17.9 Å². The molecule has 2 saturated heterocycles. The fourth-order valence-corrected chi connectivity index (χ4v) is 4.14. The number of benzene rings is 1. The predicted molar refractivity (Wildman–Crippen MR) is 99.9 cm³/mol. The van der Waals surface area contributed by atoms with Gasteiger partial charge in [0.05, 0.1) is 0 Å². The molecular formula is C20H24N4O3. The van der Waals surface area contributed by atoms with E-state index < -0.39 is 0 Å². The van der Waals surface area contributed by atoms with Crippen LogP contribution in [0.3, 0.4) is 0 Å². The molecule has 3 aliphatic rings. The van der Waals surface area contributed by atoms with Gasteiger partial charge < -0.3 is 14.2 Å². The first kappa shape index (κ1) is 16.8. The summed E-state index contributed by atoms with van der Waals surface area (Å²) in [5.41, 5.74) is 7.16. The molecule has 1 aromatic carbocycles. The van der Waals surface area contributed by atoms with Crippen molar-refractivity contribution in [1.82, 2.24) is 20.7 Å². The summed E-state index contributed by atoms with van der Waals surface area (Å²) in [5, 5.41) is 0.930.